The van der Waals surface area contributed by atoms with Crippen molar-refractivity contribution < 1.29 is 13.9 Å². The van der Waals surface area contributed by atoms with E-state index < -0.39 is 17.2 Å². The zero-order chi connectivity index (χ0) is 20.7. The van der Waals surface area contributed by atoms with Gasteiger partial charge >= 0.3 is 0 Å². The zero-order valence-electron chi connectivity index (χ0n) is 16.1. The number of para-hydroxylation sites is 4. The fourth-order valence-corrected chi connectivity index (χ4v) is 4.66. The molecule has 2 heterocycles. The van der Waals surface area contributed by atoms with Gasteiger partial charge in [0.2, 0.25) is 0 Å². The maximum Gasteiger partial charge on any atom is 0.121 e. The highest BCUT2D eigenvalue weighted by Crippen LogP contribution is 2.29. The number of aliphatic hydroxyl groups is 1. The average molecular weight is 418 g/mol. The summed E-state index contributed by atoms with van der Waals surface area (Å²) in [6, 6.07) is 23.8. The van der Waals surface area contributed by atoms with Crippen LogP contribution in [0.4, 0.5) is 0 Å². The van der Waals surface area contributed by atoms with Crippen molar-refractivity contribution in [3.63, 3.8) is 0 Å². The molecule has 5 rings (SSSR count). The van der Waals surface area contributed by atoms with E-state index in [4.69, 9.17) is 0 Å². The molecule has 0 saturated heterocycles. The molecule has 0 spiro atoms. The highest BCUT2D eigenvalue weighted by Gasteiger charge is 2.17. The minimum Gasteiger partial charge on any atom is -0.772 e. The molecule has 2 atom stereocenters. The van der Waals surface area contributed by atoms with Crippen LogP contribution in [0.5, 0.6) is 0 Å². The number of hydrogen-bond acceptors (Lipinski definition) is 4. The minimum absolute atomic E-state index is 0.184. The van der Waals surface area contributed by atoms with Crippen LogP contribution in [0.3, 0.4) is 0 Å². The molecule has 0 aliphatic carbocycles. The van der Waals surface area contributed by atoms with Gasteiger partial charge < -0.3 is 18.8 Å². The van der Waals surface area contributed by atoms with Crippen molar-refractivity contribution in [3.05, 3.63) is 78.6 Å². The number of imidazole rings is 1. The van der Waals surface area contributed by atoms with E-state index in [2.05, 4.69) is 33.8 Å². The normalized spacial score (nSPS) is 13.9. The maximum absolute atomic E-state index is 11.3. The predicted octanol–water partition coefficient (Wildman–Crippen LogP) is 3.58. The second-order valence-electron chi connectivity index (χ2n) is 7.37. The Kier molecular flexibility index (Phi) is 4.86. The Bertz CT molecular complexity index is 1340. The number of hydrogen-bond donors (Lipinski definition) is 1. The van der Waals surface area contributed by atoms with Crippen LogP contribution in [0, 0.1) is 0 Å². The highest BCUT2D eigenvalue weighted by atomic mass is 32.2. The molecule has 0 fully saturated rings. The summed E-state index contributed by atoms with van der Waals surface area (Å²) >= 11 is -2.26. The van der Waals surface area contributed by atoms with E-state index in [1.54, 1.807) is 0 Å². The van der Waals surface area contributed by atoms with Gasteiger partial charge in [0.15, 0.2) is 0 Å². The van der Waals surface area contributed by atoms with Gasteiger partial charge in [0.1, 0.15) is 5.82 Å². The van der Waals surface area contributed by atoms with Crippen molar-refractivity contribution in [2.75, 3.05) is 0 Å². The van der Waals surface area contributed by atoms with Crippen molar-refractivity contribution in [2.24, 2.45) is 0 Å². The van der Waals surface area contributed by atoms with Crippen molar-refractivity contribution in [2.45, 2.75) is 24.9 Å². The van der Waals surface area contributed by atoms with Gasteiger partial charge in [0.25, 0.3) is 0 Å². The molecule has 2 unspecified atom stereocenters. The molecule has 0 saturated carbocycles. The first-order valence-electron chi connectivity index (χ1n) is 9.76. The molecular formula is C23H20N3O3S-. The van der Waals surface area contributed by atoms with E-state index >= 15 is 0 Å². The van der Waals surface area contributed by atoms with Crippen molar-refractivity contribution in [3.8, 4) is 0 Å². The third-order valence-electron chi connectivity index (χ3n) is 5.45. The number of aromatic nitrogens is 3. The Morgan fingerprint density at radius 3 is 2.00 bits per heavy atom. The van der Waals surface area contributed by atoms with Crippen LogP contribution in [0.15, 0.2) is 72.8 Å². The van der Waals surface area contributed by atoms with Crippen molar-refractivity contribution in [1.29, 1.82) is 0 Å². The van der Waals surface area contributed by atoms with Crippen LogP contribution in [0.1, 0.15) is 5.82 Å². The lowest BCUT2D eigenvalue weighted by Gasteiger charge is -2.17. The predicted molar refractivity (Wildman–Crippen MR) is 118 cm³/mol. The maximum atomic E-state index is 11.3. The molecule has 1 N–H and O–H groups in total. The second kappa shape index (κ2) is 7.68. The lowest BCUT2D eigenvalue weighted by atomic mass is 10.2. The van der Waals surface area contributed by atoms with Crippen LogP contribution in [0.25, 0.3) is 32.8 Å². The third kappa shape index (κ3) is 3.31. The van der Waals surface area contributed by atoms with Gasteiger partial charge in [-0.3, -0.25) is 4.21 Å². The fraction of sp³-hybridized carbons (Fsp3) is 0.174. The monoisotopic (exact) mass is 418 g/mol. The summed E-state index contributed by atoms with van der Waals surface area (Å²) in [6.45, 7) is 0.647. The van der Waals surface area contributed by atoms with Gasteiger partial charge in [0.05, 0.1) is 36.0 Å². The molecular weight excluding hydrogens is 398 g/mol. The van der Waals surface area contributed by atoms with Gasteiger partial charge in [-0.1, -0.05) is 48.5 Å². The van der Waals surface area contributed by atoms with E-state index in [1.807, 2.05) is 53.1 Å². The molecule has 3 aromatic carbocycles. The molecule has 30 heavy (non-hydrogen) atoms. The molecule has 6 nitrogen and oxygen atoms in total. The molecule has 0 aliphatic rings. The lowest BCUT2D eigenvalue weighted by Crippen LogP contribution is -2.23. The second-order valence-corrected chi connectivity index (χ2v) is 8.27. The summed E-state index contributed by atoms with van der Waals surface area (Å²) < 4.78 is 26.6. The summed E-state index contributed by atoms with van der Waals surface area (Å²) in [5.74, 6) is 0.252. The first kappa shape index (κ1) is 19.0. The minimum atomic E-state index is -2.26. The first-order valence-corrected chi connectivity index (χ1v) is 11.0. The number of benzene rings is 3. The number of fused-ring (bicyclic) bond motifs is 4. The summed E-state index contributed by atoms with van der Waals surface area (Å²) in [7, 11) is 0. The van der Waals surface area contributed by atoms with Crippen molar-refractivity contribution >= 4 is 43.9 Å². The Morgan fingerprint density at radius 2 is 1.37 bits per heavy atom. The molecule has 2 aromatic heterocycles. The lowest BCUT2D eigenvalue weighted by molar-refractivity contribution is 0.137. The average Bonchev–Trinajstić information content (AvgIpc) is 3.24. The summed E-state index contributed by atoms with van der Waals surface area (Å²) in [6.07, 6.45) is -0.722. The van der Waals surface area contributed by atoms with Crippen LogP contribution < -0.4 is 0 Å². The molecule has 0 amide bonds. The zero-order valence-corrected chi connectivity index (χ0v) is 17.0. The largest absolute Gasteiger partial charge is 0.772 e. The van der Waals surface area contributed by atoms with Crippen LogP contribution in [-0.4, -0.2) is 34.1 Å². The van der Waals surface area contributed by atoms with Gasteiger partial charge in [0, 0.05) is 21.8 Å². The van der Waals surface area contributed by atoms with Gasteiger partial charge in [-0.2, -0.15) is 0 Å². The Balaban J connectivity index is 1.53. The molecule has 0 bridgehead atoms. The SMILES string of the molecule is O=S([O-])Cc1nc2ccccc2n1CC(O)Cn1c2ccccc2c2ccccc21. The molecule has 7 heteroatoms. The van der Waals surface area contributed by atoms with Crippen molar-refractivity contribution in [1.82, 2.24) is 14.1 Å². The standard InChI is InChI=1S/C23H21N3O3S/c27-16(14-26-22-12-6-3-9-19(22)24-23(26)15-30(28)29)13-25-20-10-4-1-7-17(20)18-8-2-5-11-21(18)25/h1-12,16,27H,13-15H2,(H,28,29)/p-1. The number of aliphatic hydroxyl groups excluding tert-OH is 1. The van der Waals surface area contributed by atoms with Crippen LogP contribution >= 0.6 is 0 Å². The van der Waals surface area contributed by atoms with E-state index in [0.29, 0.717) is 12.4 Å². The number of nitrogens with zero attached hydrogens (tertiary/aromatic N) is 3. The first-order chi connectivity index (χ1) is 14.6. The number of rotatable bonds is 6. The molecule has 0 radical (unpaired) electrons. The summed E-state index contributed by atoms with van der Waals surface area (Å²) in [5.41, 5.74) is 3.67. The van der Waals surface area contributed by atoms with Gasteiger partial charge in [-0.05, 0) is 35.3 Å². The van der Waals surface area contributed by atoms with E-state index in [0.717, 1.165) is 32.8 Å². The quantitative estimate of drug-likeness (QED) is 0.427. The fourth-order valence-electron chi connectivity index (χ4n) is 4.22. The molecule has 0 aliphatic heterocycles. The Labute approximate surface area is 175 Å². The van der Waals surface area contributed by atoms with Gasteiger partial charge in [-0.15, -0.1) is 0 Å². The van der Waals surface area contributed by atoms with Crippen LogP contribution in [0.2, 0.25) is 0 Å². The Hall–Kier alpha value is -3.00. The van der Waals surface area contributed by atoms with E-state index in [-0.39, 0.29) is 12.3 Å². The smallest absolute Gasteiger partial charge is 0.121 e. The summed E-state index contributed by atoms with van der Waals surface area (Å²) in [5, 5.41) is 13.3. The van der Waals surface area contributed by atoms with E-state index in [9.17, 15) is 13.9 Å². The van der Waals surface area contributed by atoms with Crippen LogP contribution in [-0.2, 0) is 29.9 Å². The topological polar surface area (TPSA) is 83.1 Å². The third-order valence-corrected chi connectivity index (χ3v) is 5.94. The molecule has 5 aromatic rings. The van der Waals surface area contributed by atoms with E-state index in [1.165, 1.54) is 0 Å². The summed E-state index contributed by atoms with van der Waals surface area (Å²) in [4.78, 5) is 4.45. The molecule has 152 valence electrons. The highest BCUT2D eigenvalue weighted by molar-refractivity contribution is 7.78. The Morgan fingerprint density at radius 1 is 0.833 bits per heavy atom. The van der Waals surface area contributed by atoms with Gasteiger partial charge in [-0.25, -0.2) is 4.98 Å².